The van der Waals surface area contributed by atoms with E-state index in [4.69, 9.17) is 5.11 Å². The molecule has 8 nitrogen and oxygen atoms in total. The van der Waals surface area contributed by atoms with Gasteiger partial charge in [-0.2, -0.15) is 17.5 Å². The van der Waals surface area contributed by atoms with Crippen LogP contribution in [0.15, 0.2) is 39.7 Å². The van der Waals surface area contributed by atoms with Gasteiger partial charge in [0, 0.05) is 49.0 Å². The Balaban J connectivity index is 2.04. The van der Waals surface area contributed by atoms with Gasteiger partial charge in [-0.25, -0.2) is 18.0 Å². The molecule has 0 saturated carbocycles. The number of carbonyl (C=O) groups excluding carboxylic acids is 2. The number of carbonyl (C=O) groups is 2. The van der Waals surface area contributed by atoms with Crippen LogP contribution in [0.3, 0.4) is 0 Å². The molecule has 0 radical (unpaired) electrons. The second kappa shape index (κ2) is 10.7. The van der Waals surface area contributed by atoms with Gasteiger partial charge in [0.05, 0.1) is 20.9 Å². The first-order valence-corrected chi connectivity index (χ1v) is 13.0. The fourth-order valence-corrected chi connectivity index (χ4v) is 5.17. The lowest BCUT2D eigenvalue weighted by Gasteiger charge is -2.26. The first kappa shape index (κ1) is 28.4. The molecule has 1 atom stereocenters. The smallest absolute Gasteiger partial charge is 0.386 e. The van der Waals surface area contributed by atoms with Gasteiger partial charge in [-0.3, -0.25) is 9.59 Å². The van der Waals surface area contributed by atoms with E-state index in [9.17, 15) is 35.8 Å². The number of alkyl halides is 5. The Kier molecular flexibility index (Phi) is 8.22. The van der Waals surface area contributed by atoms with Crippen LogP contribution in [0.25, 0.3) is 0 Å². The highest BCUT2D eigenvalue weighted by atomic mass is 32.2. The predicted molar refractivity (Wildman–Crippen MR) is 126 cm³/mol. The van der Waals surface area contributed by atoms with Gasteiger partial charge in [0.15, 0.2) is 0 Å². The van der Waals surface area contributed by atoms with Crippen LogP contribution in [0.1, 0.15) is 40.7 Å². The van der Waals surface area contributed by atoms with Crippen molar-refractivity contribution < 1.29 is 40.9 Å². The number of aliphatic hydroxyl groups is 1. The fourth-order valence-electron chi connectivity index (χ4n) is 3.94. The minimum atomic E-state index is -4.81. The highest BCUT2D eigenvalue weighted by Crippen LogP contribution is 2.37. The summed E-state index contributed by atoms with van der Waals surface area (Å²) in [7, 11) is -3.30. The van der Waals surface area contributed by atoms with E-state index in [-0.39, 0.29) is 35.9 Å². The Labute approximate surface area is 210 Å². The Morgan fingerprint density at radius 2 is 1.95 bits per heavy atom. The molecule has 1 aromatic heterocycles. The summed E-state index contributed by atoms with van der Waals surface area (Å²) in [4.78, 5) is 30.0. The number of anilines is 2. The van der Waals surface area contributed by atoms with Crippen LogP contribution in [0, 0.1) is 6.92 Å². The molecule has 1 aliphatic rings. The number of nitrogens with one attached hydrogen (secondary N) is 1. The largest absolute Gasteiger partial charge is 0.418 e. The lowest BCUT2D eigenvalue weighted by Crippen LogP contribution is -2.30. The molecule has 2 N–H and O–H groups in total. The van der Waals surface area contributed by atoms with E-state index in [1.807, 2.05) is 0 Å². The normalized spacial score (nSPS) is 17.5. The molecule has 3 rings (SSSR count). The third-order valence-electron chi connectivity index (χ3n) is 5.81. The standard InChI is InChI=1S/C23H25F5N4O4S/c1-14-17(23(26,27)28)12-29-20(32-9-4-7-22(24,25)8-10-32)19(14)21(35)30-15-5-3-6-16(11-15)37(2,36)31-18(34)13-33/h3,5-6,11-12,33H,4,7-10,13H2,1-2H3,(H,30,35). The molecule has 2 amide bonds. The summed E-state index contributed by atoms with van der Waals surface area (Å²) in [6.45, 7) is 0.0125. The molecule has 1 aromatic carbocycles. The van der Waals surface area contributed by atoms with Crippen molar-refractivity contribution in [3.8, 4) is 0 Å². The van der Waals surface area contributed by atoms with Crippen molar-refractivity contribution in [1.82, 2.24) is 4.98 Å². The van der Waals surface area contributed by atoms with Gasteiger partial charge in [0.25, 0.3) is 11.8 Å². The molecule has 0 bridgehead atoms. The minimum Gasteiger partial charge on any atom is -0.386 e. The predicted octanol–water partition coefficient (Wildman–Crippen LogP) is 4.26. The highest BCUT2D eigenvalue weighted by molar-refractivity contribution is 7.93. The van der Waals surface area contributed by atoms with Gasteiger partial charge in [0.1, 0.15) is 12.4 Å². The zero-order valence-electron chi connectivity index (χ0n) is 19.9. The van der Waals surface area contributed by atoms with Gasteiger partial charge < -0.3 is 15.3 Å². The van der Waals surface area contributed by atoms with Crippen molar-refractivity contribution in [3.05, 3.63) is 47.2 Å². The molecule has 1 unspecified atom stereocenters. The van der Waals surface area contributed by atoms with E-state index < -0.39 is 69.8 Å². The van der Waals surface area contributed by atoms with Crippen molar-refractivity contribution in [2.45, 2.75) is 43.2 Å². The van der Waals surface area contributed by atoms with E-state index >= 15 is 0 Å². The topological polar surface area (TPSA) is 112 Å². The summed E-state index contributed by atoms with van der Waals surface area (Å²) in [6.07, 6.45) is -3.97. The molecule has 1 fully saturated rings. The third kappa shape index (κ3) is 6.80. The van der Waals surface area contributed by atoms with Crippen molar-refractivity contribution in [2.75, 3.05) is 36.2 Å². The molecule has 14 heteroatoms. The Morgan fingerprint density at radius 3 is 2.59 bits per heavy atom. The molecule has 37 heavy (non-hydrogen) atoms. The van der Waals surface area contributed by atoms with Crippen LogP contribution >= 0.6 is 0 Å². The number of aromatic nitrogens is 1. The molecular formula is C23H25F5N4O4S. The summed E-state index contributed by atoms with van der Waals surface area (Å²) in [5, 5.41) is 11.3. The number of pyridine rings is 1. The Morgan fingerprint density at radius 1 is 1.24 bits per heavy atom. The second-order valence-corrected chi connectivity index (χ2v) is 10.9. The number of nitrogens with zero attached hydrogens (tertiary/aromatic N) is 3. The molecule has 0 spiro atoms. The van der Waals surface area contributed by atoms with Crippen LogP contribution < -0.4 is 10.2 Å². The van der Waals surface area contributed by atoms with Crippen LogP contribution in [0.4, 0.5) is 33.5 Å². The van der Waals surface area contributed by atoms with E-state index in [1.165, 1.54) is 29.2 Å². The average Bonchev–Trinajstić information content (AvgIpc) is 2.98. The Bertz CT molecular complexity index is 1320. The van der Waals surface area contributed by atoms with Crippen LogP contribution in [-0.4, -0.2) is 58.0 Å². The maximum absolute atomic E-state index is 13.9. The van der Waals surface area contributed by atoms with E-state index in [0.717, 1.165) is 13.2 Å². The number of amides is 2. The first-order chi connectivity index (χ1) is 17.1. The molecule has 2 aromatic rings. The van der Waals surface area contributed by atoms with E-state index in [0.29, 0.717) is 6.20 Å². The van der Waals surface area contributed by atoms with Crippen molar-refractivity contribution in [3.63, 3.8) is 0 Å². The number of aliphatic hydroxyl groups excluding tert-OH is 1. The van der Waals surface area contributed by atoms with Crippen molar-refractivity contribution in [1.29, 1.82) is 0 Å². The van der Waals surface area contributed by atoms with Crippen molar-refractivity contribution in [2.24, 2.45) is 4.36 Å². The zero-order chi connectivity index (χ0) is 27.6. The van der Waals surface area contributed by atoms with E-state index in [2.05, 4.69) is 14.7 Å². The fraction of sp³-hybridized carbons (Fsp3) is 0.435. The number of hydrogen-bond acceptors (Lipinski definition) is 6. The van der Waals surface area contributed by atoms with Crippen molar-refractivity contribution >= 4 is 33.0 Å². The maximum Gasteiger partial charge on any atom is 0.418 e. The molecular weight excluding hydrogens is 523 g/mol. The lowest BCUT2D eigenvalue weighted by molar-refractivity contribution is -0.138. The minimum absolute atomic E-state index is 0.0287. The molecule has 2 heterocycles. The van der Waals surface area contributed by atoms with Gasteiger partial charge in [-0.1, -0.05) is 6.07 Å². The summed E-state index contributed by atoms with van der Waals surface area (Å²) < 4.78 is 84.9. The van der Waals surface area contributed by atoms with Gasteiger partial charge >= 0.3 is 6.18 Å². The number of rotatable bonds is 5. The first-order valence-electron chi connectivity index (χ1n) is 11.1. The number of halogens is 5. The van der Waals surface area contributed by atoms with Crippen LogP contribution in [0.5, 0.6) is 0 Å². The maximum atomic E-state index is 13.9. The summed E-state index contributed by atoms with van der Waals surface area (Å²) >= 11 is 0. The SMILES string of the molecule is Cc1c(C(F)(F)F)cnc(N2CCCC(F)(F)CC2)c1C(=O)Nc1cccc(S(C)(=O)=NC(=O)CO)c1. The van der Waals surface area contributed by atoms with Gasteiger partial charge in [0.2, 0.25) is 5.92 Å². The quantitative estimate of drug-likeness (QED) is 0.540. The zero-order valence-corrected chi connectivity index (χ0v) is 20.8. The summed E-state index contributed by atoms with van der Waals surface area (Å²) in [5.74, 6) is -5.08. The van der Waals surface area contributed by atoms with Crippen LogP contribution in [-0.2, 0) is 20.7 Å². The highest BCUT2D eigenvalue weighted by Gasteiger charge is 2.38. The number of hydrogen-bond donors (Lipinski definition) is 2. The summed E-state index contributed by atoms with van der Waals surface area (Å²) in [5.41, 5.74) is -1.96. The summed E-state index contributed by atoms with van der Waals surface area (Å²) in [6, 6.07) is 5.37. The second-order valence-electron chi connectivity index (χ2n) is 8.62. The molecule has 0 aliphatic carbocycles. The third-order valence-corrected chi connectivity index (χ3v) is 7.49. The van der Waals surface area contributed by atoms with Crippen LogP contribution in [0.2, 0.25) is 0 Å². The monoisotopic (exact) mass is 548 g/mol. The molecule has 1 saturated heterocycles. The lowest BCUT2D eigenvalue weighted by atomic mass is 10.0. The van der Waals surface area contributed by atoms with Gasteiger partial charge in [-0.15, -0.1) is 0 Å². The Hall–Kier alpha value is -3.13. The van der Waals surface area contributed by atoms with E-state index in [1.54, 1.807) is 0 Å². The average molecular weight is 549 g/mol. The van der Waals surface area contributed by atoms with Gasteiger partial charge in [-0.05, 0) is 37.1 Å². The molecule has 202 valence electrons. The number of benzene rings is 1. The molecule has 1 aliphatic heterocycles.